The summed E-state index contributed by atoms with van der Waals surface area (Å²) >= 11 is 0. The van der Waals surface area contributed by atoms with E-state index in [0.29, 0.717) is 18.7 Å². The number of hydrogen-bond donors (Lipinski definition) is 2. The summed E-state index contributed by atoms with van der Waals surface area (Å²) in [5, 5.41) is 10.5. The minimum absolute atomic E-state index is 0.0860. The third-order valence-electron chi connectivity index (χ3n) is 5.05. The van der Waals surface area contributed by atoms with Gasteiger partial charge in [-0.1, -0.05) is 60.7 Å². The number of para-hydroxylation sites is 1. The molecule has 1 aromatic heterocycles. The molecule has 4 rings (SSSR count). The number of aromatic nitrogens is 2. The summed E-state index contributed by atoms with van der Waals surface area (Å²) in [7, 11) is 0. The second-order valence-corrected chi connectivity index (χ2v) is 7.44. The molecule has 32 heavy (non-hydrogen) atoms. The Balaban J connectivity index is 1.51. The summed E-state index contributed by atoms with van der Waals surface area (Å²) in [6, 6.07) is 27.0. The average molecular weight is 425 g/mol. The van der Waals surface area contributed by atoms with Crippen molar-refractivity contribution in [1.29, 1.82) is 0 Å². The first-order chi connectivity index (χ1) is 15.6. The molecule has 6 nitrogen and oxygen atoms in total. The first kappa shape index (κ1) is 21.1. The molecule has 3 aromatic carbocycles. The smallest absolute Gasteiger partial charge is 0.251 e. The van der Waals surface area contributed by atoms with E-state index < -0.39 is 0 Å². The van der Waals surface area contributed by atoms with Crippen molar-refractivity contribution in [2.45, 2.75) is 20.0 Å². The zero-order valence-corrected chi connectivity index (χ0v) is 17.8. The van der Waals surface area contributed by atoms with Gasteiger partial charge in [0.15, 0.2) is 0 Å². The maximum absolute atomic E-state index is 12.7. The van der Waals surface area contributed by atoms with Crippen LogP contribution in [0.4, 0.5) is 0 Å². The summed E-state index contributed by atoms with van der Waals surface area (Å²) < 4.78 is 1.83. The minimum atomic E-state index is -0.164. The zero-order chi connectivity index (χ0) is 22.3. The second kappa shape index (κ2) is 9.75. The van der Waals surface area contributed by atoms with Crippen molar-refractivity contribution in [1.82, 2.24) is 20.4 Å². The van der Waals surface area contributed by atoms with E-state index in [4.69, 9.17) is 5.10 Å². The van der Waals surface area contributed by atoms with E-state index in [1.54, 1.807) is 12.1 Å². The van der Waals surface area contributed by atoms with Gasteiger partial charge in [0.25, 0.3) is 5.91 Å². The average Bonchev–Trinajstić information content (AvgIpc) is 3.27. The van der Waals surface area contributed by atoms with Crippen molar-refractivity contribution < 1.29 is 9.59 Å². The molecule has 2 amide bonds. The molecule has 0 aliphatic carbocycles. The van der Waals surface area contributed by atoms with Gasteiger partial charge in [-0.3, -0.25) is 9.59 Å². The van der Waals surface area contributed by atoms with Gasteiger partial charge in [0.2, 0.25) is 5.91 Å². The predicted molar refractivity (Wildman–Crippen MR) is 124 cm³/mol. The van der Waals surface area contributed by atoms with Crippen LogP contribution in [0.2, 0.25) is 0 Å². The van der Waals surface area contributed by atoms with Gasteiger partial charge in [0.1, 0.15) is 0 Å². The number of nitrogens with one attached hydrogen (secondary N) is 2. The maximum atomic E-state index is 12.7. The van der Waals surface area contributed by atoms with E-state index in [1.165, 1.54) is 6.92 Å². The van der Waals surface area contributed by atoms with Crippen LogP contribution in [-0.4, -0.2) is 21.6 Å². The molecule has 0 aliphatic heterocycles. The van der Waals surface area contributed by atoms with Crippen LogP contribution in [0.1, 0.15) is 28.4 Å². The molecule has 0 atom stereocenters. The van der Waals surface area contributed by atoms with Gasteiger partial charge in [0, 0.05) is 42.9 Å². The van der Waals surface area contributed by atoms with Gasteiger partial charge in [-0.2, -0.15) is 5.10 Å². The maximum Gasteiger partial charge on any atom is 0.251 e. The third-order valence-corrected chi connectivity index (χ3v) is 5.05. The summed E-state index contributed by atoms with van der Waals surface area (Å²) in [6.07, 6.45) is 1.95. The molecule has 0 radical (unpaired) electrons. The topological polar surface area (TPSA) is 76.0 Å². The van der Waals surface area contributed by atoms with Crippen LogP contribution in [0.25, 0.3) is 16.9 Å². The number of amides is 2. The van der Waals surface area contributed by atoms with E-state index in [9.17, 15) is 9.59 Å². The standard InChI is InChI=1S/C26H24N4O2/c1-19(31)27-16-20-12-14-22(15-13-20)26(32)28-17-23-18-30(24-10-6-3-7-11-24)29-25(23)21-8-4-2-5-9-21/h2-15,18H,16-17H2,1H3,(H,27,31)(H,28,32). The Morgan fingerprint density at radius 1 is 0.812 bits per heavy atom. The van der Waals surface area contributed by atoms with Crippen LogP contribution >= 0.6 is 0 Å². The second-order valence-electron chi connectivity index (χ2n) is 7.44. The molecule has 0 fully saturated rings. The van der Waals surface area contributed by atoms with E-state index in [2.05, 4.69) is 10.6 Å². The summed E-state index contributed by atoms with van der Waals surface area (Å²) in [5.74, 6) is -0.250. The molecule has 1 heterocycles. The fraction of sp³-hybridized carbons (Fsp3) is 0.115. The lowest BCUT2D eigenvalue weighted by molar-refractivity contribution is -0.119. The highest BCUT2D eigenvalue weighted by atomic mass is 16.2. The van der Waals surface area contributed by atoms with Gasteiger partial charge in [-0.05, 0) is 29.8 Å². The molecule has 160 valence electrons. The molecule has 0 saturated heterocycles. The highest BCUT2D eigenvalue weighted by Crippen LogP contribution is 2.23. The number of rotatable bonds is 7. The number of carbonyl (C=O) groups excluding carboxylic acids is 2. The third kappa shape index (κ3) is 5.10. The van der Waals surface area contributed by atoms with Crippen LogP contribution in [0.3, 0.4) is 0 Å². The number of benzene rings is 3. The molecule has 0 unspecified atom stereocenters. The largest absolute Gasteiger partial charge is 0.352 e. The van der Waals surface area contributed by atoms with Crippen molar-refractivity contribution in [3.05, 3.63) is 108 Å². The Labute approximate surface area is 186 Å². The predicted octanol–water partition coefficient (Wildman–Crippen LogP) is 4.11. The van der Waals surface area contributed by atoms with Crippen LogP contribution in [0, 0.1) is 0 Å². The summed E-state index contributed by atoms with van der Waals surface area (Å²) in [6.45, 7) is 2.27. The highest BCUT2D eigenvalue weighted by molar-refractivity contribution is 5.94. The van der Waals surface area contributed by atoms with Crippen LogP contribution in [0.15, 0.2) is 91.1 Å². The van der Waals surface area contributed by atoms with Crippen LogP contribution in [0.5, 0.6) is 0 Å². The lowest BCUT2D eigenvalue weighted by Crippen LogP contribution is -2.23. The normalized spacial score (nSPS) is 10.5. The monoisotopic (exact) mass is 424 g/mol. The first-order valence-corrected chi connectivity index (χ1v) is 10.4. The van der Waals surface area contributed by atoms with Crippen LogP contribution in [-0.2, 0) is 17.9 Å². The molecular weight excluding hydrogens is 400 g/mol. The Kier molecular flexibility index (Phi) is 6.41. The van der Waals surface area contributed by atoms with Crippen molar-refractivity contribution >= 4 is 11.8 Å². The Hall–Kier alpha value is -4.19. The molecule has 0 aliphatic rings. The van der Waals surface area contributed by atoms with Gasteiger partial charge in [-0.15, -0.1) is 0 Å². The summed E-state index contributed by atoms with van der Waals surface area (Å²) in [4.78, 5) is 23.8. The van der Waals surface area contributed by atoms with Crippen molar-refractivity contribution in [2.75, 3.05) is 0 Å². The van der Waals surface area contributed by atoms with Crippen LogP contribution < -0.4 is 10.6 Å². The molecular formula is C26H24N4O2. The number of carbonyl (C=O) groups is 2. The van der Waals surface area contributed by atoms with Gasteiger partial charge >= 0.3 is 0 Å². The summed E-state index contributed by atoms with van der Waals surface area (Å²) in [5.41, 5.74) is 5.21. The SMILES string of the molecule is CC(=O)NCc1ccc(C(=O)NCc2cn(-c3ccccc3)nc2-c2ccccc2)cc1. The molecule has 2 N–H and O–H groups in total. The Morgan fingerprint density at radius 2 is 1.47 bits per heavy atom. The Morgan fingerprint density at radius 3 is 2.12 bits per heavy atom. The van der Waals surface area contributed by atoms with Crippen molar-refractivity contribution in [2.24, 2.45) is 0 Å². The number of hydrogen-bond acceptors (Lipinski definition) is 3. The lowest BCUT2D eigenvalue weighted by atomic mass is 10.1. The zero-order valence-electron chi connectivity index (χ0n) is 17.8. The van der Waals surface area contributed by atoms with Gasteiger partial charge in [0.05, 0.1) is 11.4 Å². The molecule has 0 saturated carbocycles. The number of nitrogens with zero attached hydrogens (tertiary/aromatic N) is 2. The fourth-order valence-corrected chi connectivity index (χ4v) is 3.37. The van der Waals surface area contributed by atoms with E-state index in [0.717, 1.165) is 28.1 Å². The van der Waals surface area contributed by atoms with Gasteiger partial charge < -0.3 is 10.6 Å². The van der Waals surface area contributed by atoms with E-state index >= 15 is 0 Å². The van der Waals surface area contributed by atoms with Crippen molar-refractivity contribution in [3.63, 3.8) is 0 Å². The quantitative estimate of drug-likeness (QED) is 0.469. The molecule has 0 bridgehead atoms. The first-order valence-electron chi connectivity index (χ1n) is 10.4. The fourth-order valence-electron chi connectivity index (χ4n) is 3.37. The van der Waals surface area contributed by atoms with Gasteiger partial charge in [-0.25, -0.2) is 4.68 Å². The van der Waals surface area contributed by atoms with E-state index in [-0.39, 0.29) is 11.8 Å². The Bertz CT molecular complexity index is 1200. The molecule has 0 spiro atoms. The highest BCUT2D eigenvalue weighted by Gasteiger charge is 2.14. The molecule has 6 heteroatoms. The lowest BCUT2D eigenvalue weighted by Gasteiger charge is -2.07. The van der Waals surface area contributed by atoms with Crippen molar-refractivity contribution in [3.8, 4) is 16.9 Å². The van der Waals surface area contributed by atoms with E-state index in [1.807, 2.05) is 83.7 Å². The molecule has 4 aromatic rings. The minimum Gasteiger partial charge on any atom is -0.352 e.